The Kier molecular flexibility index (Phi) is 5.81. The summed E-state index contributed by atoms with van der Waals surface area (Å²) in [4.78, 5) is 18.2. The zero-order chi connectivity index (χ0) is 19.4. The molecule has 0 aliphatic carbocycles. The molecule has 1 aromatic heterocycles. The van der Waals surface area contributed by atoms with Gasteiger partial charge in [-0.3, -0.25) is 9.69 Å². The van der Waals surface area contributed by atoms with Crippen LogP contribution in [0.15, 0.2) is 42.5 Å². The summed E-state index contributed by atoms with van der Waals surface area (Å²) in [6.07, 6.45) is 0.830. The van der Waals surface area contributed by atoms with Gasteiger partial charge < -0.3 is 14.5 Å². The molecule has 0 amide bonds. The molecular formula is C22H26N2O3. The zero-order valence-corrected chi connectivity index (χ0v) is 16.3. The Hall–Kier alpha value is -2.79. The number of hydrogen-bond donors (Lipinski definition) is 1. The van der Waals surface area contributed by atoms with Gasteiger partial charge in [-0.1, -0.05) is 24.3 Å². The molecule has 0 saturated heterocycles. The highest BCUT2D eigenvalue weighted by Crippen LogP contribution is 2.28. The Labute approximate surface area is 159 Å². The second-order valence-electron chi connectivity index (χ2n) is 6.77. The molecule has 27 heavy (non-hydrogen) atoms. The van der Waals surface area contributed by atoms with Crippen LogP contribution in [0.3, 0.4) is 0 Å². The van der Waals surface area contributed by atoms with Gasteiger partial charge in [0, 0.05) is 28.7 Å². The maximum absolute atomic E-state index is 12.8. The predicted octanol–water partition coefficient (Wildman–Crippen LogP) is 3.85. The largest absolute Gasteiger partial charge is 0.493 e. The van der Waals surface area contributed by atoms with E-state index in [1.54, 1.807) is 14.2 Å². The quantitative estimate of drug-likeness (QED) is 0.615. The monoisotopic (exact) mass is 366 g/mol. The third kappa shape index (κ3) is 4.14. The van der Waals surface area contributed by atoms with Gasteiger partial charge >= 0.3 is 0 Å². The lowest BCUT2D eigenvalue weighted by Gasteiger charge is -2.16. The summed E-state index contributed by atoms with van der Waals surface area (Å²) in [6.45, 7) is 3.12. The predicted molar refractivity (Wildman–Crippen MR) is 108 cm³/mol. The molecule has 0 aliphatic heterocycles. The molecule has 3 aromatic rings. The van der Waals surface area contributed by atoms with Gasteiger partial charge in [0.05, 0.1) is 20.8 Å². The van der Waals surface area contributed by atoms with Crippen LogP contribution in [0.2, 0.25) is 0 Å². The topological polar surface area (TPSA) is 54.6 Å². The molecule has 0 fully saturated rings. The lowest BCUT2D eigenvalue weighted by Crippen LogP contribution is -2.28. The van der Waals surface area contributed by atoms with Crippen molar-refractivity contribution in [2.75, 3.05) is 34.4 Å². The summed E-state index contributed by atoms with van der Waals surface area (Å²) in [5, 5.41) is 0.994. The highest BCUT2D eigenvalue weighted by molar-refractivity contribution is 6.10. The number of carbonyl (C=O) groups is 1. The van der Waals surface area contributed by atoms with Crippen molar-refractivity contribution >= 4 is 16.7 Å². The molecule has 5 nitrogen and oxygen atoms in total. The SMILES string of the molecule is COc1ccc(CCN(C)CC(=O)c2c(C)[nH]c3ccccc23)cc1OC. The Morgan fingerprint density at radius 2 is 1.81 bits per heavy atom. The standard InChI is InChI=1S/C22H26N2O3/c1-15-22(17-7-5-6-8-18(17)23-15)19(25)14-24(2)12-11-16-9-10-20(26-3)21(13-16)27-4/h5-10,13,23H,11-12,14H2,1-4H3. The molecular weight excluding hydrogens is 340 g/mol. The molecule has 2 aromatic carbocycles. The average molecular weight is 366 g/mol. The van der Waals surface area contributed by atoms with E-state index in [0.717, 1.165) is 52.2 Å². The van der Waals surface area contributed by atoms with Gasteiger partial charge in [0.2, 0.25) is 0 Å². The first kappa shape index (κ1) is 19.0. The minimum absolute atomic E-state index is 0.139. The fourth-order valence-corrected chi connectivity index (χ4v) is 3.40. The molecule has 3 rings (SSSR count). The molecule has 0 spiro atoms. The van der Waals surface area contributed by atoms with Gasteiger partial charge in [-0.15, -0.1) is 0 Å². The number of para-hydroxylation sites is 1. The lowest BCUT2D eigenvalue weighted by atomic mass is 10.1. The highest BCUT2D eigenvalue weighted by Gasteiger charge is 2.17. The van der Waals surface area contributed by atoms with E-state index in [9.17, 15) is 4.79 Å². The first-order valence-electron chi connectivity index (χ1n) is 9.03. The molecule has 1 heterocycles. The minimum Gasteiger partial charge on any atom is -0.493 e. The highest BCUT2D eigenvalue weighted by atomic mass is 16.5. The van der Waals surface area contributed by atoms with Crippen LogP contribution < -0.4 is 9.47 Å². The molecule has 1 N–H and O–H groups in total. The Balaban J connectivity index is 1.64. The van der Waals surface area contributed by atoms with Gasteiger partial charge in [0.25, 0.3) is 0 Å². The van der Waals surface area contributed by atoms with Crippen LogP contribution in [0.5, 0.6) is 11.5 Å². The second-order valence-corrected chi connectivity index (χ2v) is 6.77. The number of nitrogens with one attached hydrogen (secondary N) is 1. The molecule has 0 aliphatic rings. The number of ether oxygens (including phenoxy) is 2. The number of hydrogen-bond acceptors (Lipinski definition) is 4. The van der Waals surface area contributed by atoms with E-state index in [-0.39, 0.29) is 5.78 Å². The number of H-pyrrole nitrogens is 1. The minimum atomic E-state index is 0.139. The number of Topliss-reactive ketones (excluding diaryl/α,β-unsaturated/α-hetero) is 1. The van der Waals surface area contributed by atoms with E-state index in [1.807, 2.05) is 56.4 Å². The molecule has 0 saturated carbocycles. The normalized spacial score (nSPS) is 11.1. The Morgan fingerprint density at radius 3 is 2.56 bits per heavy atom. The number of benzene rings is 2. The van der Waals surface area contributed by atoms with Crippen LogP contribution in [0, 0.1) is 6.92 Å². The number of rotatable bonds is 8. The van der Waals surface area contributed by atoms with Gasteiger partial charge in [-0.2, -0.15) is 0 Å². The molecule has 0 bridgehead atoms. The van der Waals surface area contributed by atoms with Crippen molar-refractivity contribution in [1.29, 1.82) is 0 Å². The summed E-state index contributed by atoms with van der Waals surface area (Å²) in [5.41, 5.74) is 3.87. The summed E-state index contributed by atoms with van der Waals surface area (Å²) in [5.74, 6) is 1.59. The third-order valence-electron chi connectivity index (χ3n) is 4.82. The van der Waals surface area contributed by atoms with Crippen molar-refractivity contribution in [3.05, 3.63) is 59.3 Å². The third-order valence-corrected chi connectivity index (χ3v) is 4.82. The first-order valence-corrected chi connectivity index (χ1v) is 9.03. The maximum atomic E-state index is 12.8. The number of methoxy groups -OCH3 is 2. The van der Waals surface area contributed by atoms with E-state index < -0.39 is 0 Å². The zero-order valence-electron chi connectivity index (χ0n) is 16.3. The van der Waals surface area contributed by atoms with Crippen molar-refractivity contribution in [3.63, 3.8) is 0 Å². The number of fused-ring (bicyclic) bond motifs is 1. The molecule has 142 valence electrons. The average Bonchev–Trinajstić information content (AvgIpc) is 3.01. The number of likely N-dealkylation sites (N-methyl/N-ethyl adjacent to an activating group) is 1. The van der Waals surface area contributed by atoms with Crippen LogP contribution in [0.25, 0.3) is 10.9 Å². The van der Waals surface area contributed by atoms with E-state index in [4.69, 9.17) is 9.47 Å². The van der Waals surface area contributed by atoms with E-state index in [0.29, 0.717) is 6.54 Å². The summed E-state index contributed by atoms with van der Waals surface area (Å²) in [6, 6.07) is 13.9. The fourth-order valence-electron chi connectivity index (χ4n) is 3.40. The molecule has 0 radical (unpaired) electrons. The van der Waals surface area contributed by atoms with Gasteiger partial charge in [-0.05, 0) is 44.2 Å². The molecule has 0 unspecified atom stereocenters. The molecule has 5 heteroatoms. The first-order chi connectivity index (χ1) is 13.0. The maximum Gasteiger partial charge on any atom is 0.179 e. The van der Waals surface area contributed by atoms with Crippen molar-refractivity contribution in [3.8, 4) is 11.5 Å². The van der Waals surface area contributed by atoms with Crippen LogP contribution in [-0.2, 0) is 6.42 Å². The number of nitrogens with zero attached hydrogens (tertiary/aromatic N) is 1. The van der Waals surface area contributed by atoms with Crippen molar-refractivity contribution in [2.45, 2.75) is 13.3 Å². The van der Waals surface area contributed by atoms with E-state index in [2.05, 4.69) is 9.88 Å². The fraction of sp³-hybridized carbons (Fsp3) is 0.318. The summed E-state index contributed by atoms with van der Waals surface area (Å²) in [7, 11) is 5.24. The Morgan fingerprint density at radius 1 is 1.07 bits per heavy atom. The van der Waals surface area contributed by atoms with Crippen molar-refractivity contribution in [2.24, 2.45) is 0 Å². The van der Waals surface area contributed by atoms with Crippen LogP contribution in [0.4, 0.5) is 0 Å². The number of aryl methyl sites for hydroxylation is 1. The number of aromatic nitrogens is 1. The van der Waals surface area contributed by atoms with Crippen LogP contribution in [-0.4, -0.2) is 50.0 Å². The van der Waals surface area contributed by atoms with Crippen LogP contribution in [0.1, 0.15) is 21.6 Å². The van der Waals surface area contributed by atoms with Gasteiger partial charge in [0.1, 0.15) is 0 Å². The van der Waals surface area contributed by atoms with E-state index >= 15 is 0 Å². The number of aromatic amines is 1. The van der Waals surface area contributed by atoms with E-state index in [1.165, 1.54) is 0 Å². The number of carbonyl (C=O) groups excluding carboxylic acids is 1. The van der Waals surface area contributed by atoms with Crippen LogP contribution >= 0.6 is 0 Å². The molecule has 0 atom stereocenters. The summed E-state index contributed by atoms with van der Waals surface area (Å²) < 4.78 is 10.6. The van der Waals surface area contributed by atoms with Gasteiger partial charge in [0.15, 0.2) is 17.3 Å². The smallest absolute Gasteiger partial charge is 0.179 e. The summed E-state index contributed by atoms with van der Waals surface area (Å²) >= 11 is 0. The van der Waals surface area contributed by atoms with Crippen molar-refractivity contribution in [1.82, 2.24) is 9.88 Å². The Bertz CT molecular complexity index is 946. The van der Waals surface area contributed by atoms with Gasteiger partial charge in [-0.25, -0.2) is 0 Å². The second kappa shape index (κ2) is 8.27. The van der Waals surface area contributed by atoms with Crippen molar-refractivity contribution < 1.29 is 14.3 Å². The lowest BCUT2D eigenvalue weighted by molar-refractivity contribution is 0.0948. The number of ketones is 1.